The van der Waals surface area contributed by atoms with Crippen LogP contribution in [0.4, 0.5) is 0 Å². The Morgan fingerprint density at radius 2 is 1.61 bits per heavy atom. The first kappa shape index (κ1) is 21.7. The van der Waals surface area contributed by atoms with E-state index >= 15 is 0 Å². The van der Waals surface area contributed by atoms with Crippen molar-refractivity contribution in [2.75, 3.05) is 26.8 Å². The molecule has 5 rings (SSSR count). The number of aliphatic hydroxyl groups is 1. The molecule has 0 saturated carbocycles. The number of amides is 1. The standard InChI is InChI=1S/C28H30N2O3/c1-33-25-15-9-8-14-23(25)17-30-24(18-31)27(22-12-6-3-7-13-22)28(30)19-29(20-28)26(32)16-21-10-4-2-5-11-21/h2-15,24,27,31H,16-20H2,1H3/t24-,27+/m1/s1. The van der Waals surface area contributed by atoms with E-state index in [1.54, 1.807) is 7.11 Å². The maximum Gasteiger partial charge on any atom is 0.227 e. The summed E-state index contributed by atoms with van der Waals surface area (Å²) in [6, 6.07) is 28.4. The van der Waals surface area contributed by atoms with E-state index in [-0.39, 0.29) is 30.0 Å². The van der Waals surface area contributed by atoms with Gasteiger partial charge in [0, 0.05) is 37.2 Å². The average Bonchev–Trinajstić information content (AvgIpc) is 2.82. The maximum absolute atomic E-state index is 13.0. The molecule has 0 aliphatic carbocycles. The first-order chi connectivity index (χ1) is 16.2. The smallest absolute Gasteiger partial charge is 0.227 e. The molecule has 0 aromatic heterocycles. The van der Waals surface area contributed by atoms with Crippen molar-refractivity contribution in [1.29, 1.82) is 0 Å². The molecule has 2 aliphatic heterocycles. The first-order valence-corrected chi connectivity index (χ1v) is 11.5. The van der Waals surface area contributed by atoms with E-state index in [0.717, 1.165) is 16.9 Å². The lowest BCUT2D eigenvalue weighted by molar-refractivity contribution is -0.200. The normalized spacial score (nSPS) is 21.3. The third-order valence-electron chi connectivity index (χ3n) is 7.30. The minimum absolute atomic E-state index is 0.00341. The molecule has 170 valence electrons. The van der Waals surface area contributed by atoms with Crippen molar-refractivity contribution in [2.24, 2.45) is 0 Å². The Kier molecular flexibility index (Phi) is 5.92. The van der Waals surface area contributed by atoms with Gasteiger partial charge in [-0.1, -0.05) is 78.9 Å². The van der Waals surface area contributed by atoms with Gasteiger partial charge >= 0.3 is 0 Å². The number of rotatable bonds is 7. The molecule has 2 aliphatic rings. The average molecular weight is 443 g/mol. The summed E-state index contributed by atoms with van der Waals surface area (Å²) in [6.45, 7) is 2.10. The van der Waals surface area contributed by atoms with E-state index in [9.17, 15) is 9.90 Å². The molecule has 5 nitrogen and oxygen atoms in total. The van der Waals surface area contributed by atoms with E-state index in [4.69, 9.17) is 4.74 Å². The number of nitrogens with zero attached hydrogens (tertiary/aromatic N) is 2. The van der Waals surface area contributed by atoms with Crippen LogP contribution in [0.5, 0.6) is 5.75 Å². The van der Waals surface area contributed by atoms with Crippen LogP contribution in [0, 0.1) is 0 Å². The molecule has 3 aromatic rings. The highest BCUT2D eigenvalue weighted by molar-refractivity contribution is 5.80. The lowest BCUT2D eigenvalue weighted by Crippen LogP contribution is -2.84. The highest BCUT2D eigenvalue weighted by Gasteiger charge is 2.66. The molecule has 5 heteroatoms. The number of ether oxygens (including phenoxy) is 1. The summed E-state index contributed by atoms with van der Waals surface area (Å²) in [4.78, 5) is 17.4. The van der Waals surface area contributed by atoms with Crippen molar-refractivity contribution in [3.05, 3.63) is 102 Å². The van der Waals surface area contributed by atoms with Crippen LogP contribution in [0.1, 0.15) is 22.6 Å². The second-order valence-electron chi connectivity index (χ2n) is 9.09. The molecular formula is C28H30N2O3. The van der Waals surface area contributed by atoms with E-state index in [1.807, 2.05) is 59.5 Å². The molecule has 2 saturated heterocycles. The summed E-state index contributed by atoms with van der Waals surface area (Å²) in [6.07, 6.45) is 0.420. The second-order valence-corrected chi connectivity index (χ2v) is 9.09. The Morgan fingerprint density at radius 3 is 2.27 bits per heavy atom. The van der Waals surface area contributed by atoms with Gasteiger partial charge in [0.2, 0.25) is 5.91 Å². The molecule has 3 aromatic carbocycles. The first-order valence-electron chi connectivity index (χ1n) is 11.5. The highest BCUT2D eigenvalue weighted by Crippen LogP contribution is 2.54. The Hall–Kier alpha value is -3.15. The molecule has 1 N–H and O–H groups in total. The fourth-order valence-electron chi connectivity index (χ4n) is 5.71. The third kappa shape index (κ3) is 3.81. The van der Waals surface area contributed by atoms with Crippen LogP contribution in [0.25, 0.3) is 0 Å². The summed E-state index contributed by atoms with van der Waals surface area (Å²) in [5.41, 5.74) is 3.18. The van der Waals surface area contributed by atoms with Gasteiger partial charge < -0.3 is 14.7 Å². The summed E-state index contributed by atoms with van der Waals surface area (Å²) >= 11 is 0. The second kappa shape index (κ2) is 9.00. The van der Waals surface area contributed by atoms with Crippen molar-refractivity contribution < 1.29 is 14.6 Å². The van der Waals surface area contributed by atoms with Gasteiger partial charge in [0.05, 0.1) is 25.7 Å². The van der Waals surface area contributed by atoms with Gasteiger partial charge in [0.25, 0.3) is 0 Å². The lowest BCUT2D eigenvalue weighted by atomic mass is 9.60. The van der Waals surface area contributed by atoms with Gasteiger partial charge in [-0.25, -0.2) is 0 Å². The largest absolute Gasteiger partial charge is 0.496 e. The van der Waals surface area contributed by atoms with Crippen molar-refractivity contribution in [3.8, 4) is 5.75 Å². The zero-order valence-electron chi connectivity index (χ0n) is 18.9. The number of aliphatic hydroxyl groups excluding tert-OH is 1. The Morgan fingerprint density at radius 1 is 0.970 bits per heavy atom. The van der Waals surface area contributed by atoms with Gasteiger partial charge in [0.1, 0.15) is 5.75 Å². The SMILES string of the molecule is COc1ccccc1CN1[C@H](CO)[C@H](c2ccccc2)C12CN(C(=O)Cc1ccccc1)C2. The van der Waals surface area contributed by atoms with Crippen LogP contribution < -0.4 is 4.74 Å². The number of benzene rings is 3. The molecule has 0 unspecified atom stereocenters. The molecule has 0 bridgehead atoms. The fraction of sp³-hybridized carbons (Fsp3) is 0.321. The molecule has 0 radical (unpaired) electrons. The lowest BCUT2D eigenvalue weighted by Gasteiger charge is -2.71. The number of carbonyl (C=O) groups excluding carboxylic acids is 1. The summed E-state index contributed by atoms with van der Waals surface area (Å²) in [5, 5.41) is 10.4. The minimum Gasteiger partial charge on any atom is -0.496 e. The summed E-state index contributed by atoms with van der Waals surface area (Å²) in [5.74, 6) is 1.19. The van der Waals surface area contributed by atoms with Crippen molar-refractivity contribution in [2.45, 2.75) is 30.5 Å². The van der Waals surface area contributed by atoms with Gasteiger partial charge in [-0.15, -0.1) is 0 Å². The Labute approximate surface area is 195 Å². The van der Waals surface area contributed by atoms with Crippen molar-refractivity contribution in [3.63, 3.8) is 0 Å². The molecule has 2 heterocycles. The highest BCUT2D eigenvalue weighted by atomic mass is 16.5. The van der Waals surface area contributed by atoms with Crippen LogP contribution >= 0.6 is 0 Å². The number of hydrogen-bond donors (Lipinski definition) is 1. The van der Waals surface area contributed by atoms with Crippen LogP contribution in [0.3, 0.4) is 0 Å². The van der Waals surface area contributed by atoms with E-state index in [2.05, 4.69) is 35.2 Å². The molecule has 33 heavy (non-hydrogen) atoms. The predicted octanol–water partition coefficient (Wildman–Crippen LogP) is 3.48. The molecule has 2 fully saturated rings. The van der Waals surface area contributed by atoms with E-state index in [1.165, 1.54) is 5.56 Å². The maximum atomic E-state index is 13.0. The van der Waals surface area contributed by atoms with Gasteiger partial charge in [0.15, 0.2) is 0 Å². The van der Waals surface area contributed by atoms with Gasteiger partial charge in [-0.2, -0.15) is 0 Å². The number of likely N-dealkylation sites (tertiary alicyclic amines) is 2. The summed E-state index contributed by atoms with van der Waals surface area (Å²) < 4.78 is 5.59. The van der Waals surface area contributed by atoms with Crippen molar-refractivity contribution >= 4 is 5.91 Å². The molecule has 1 amide bonds. The number of hydrogen-bond acceptors (Lipinski definition) is 4. The summed E-state index contributed by atoms with van der Waals surface area (Å²) in [7, 11) is 1.69. The monoisotopic (exact) mass is 442 g/mol. The van der Waals surface area contributed by atoms with Crippen LogP contribution in [-0.4, -0.2) is 59.2 Å². The Bertz CT molecular complexity index is 1100. The quantitative estimate of drug-likeness (QED) is 0.609. The van der Waals surface area contributed by atoms with E-state index in [0.29, 0.717) is 26.1 Å². The zero-order valence-corrected chi connectivity index (χ0v) is 18.9. The third-order valence-corrected chi connectivity index (χ3v) is 7.30. The minimum atomic E-state index is -0.179. The predicted molar refractivity (Wildman–Crippen MR) is 128 cm³/mol. The van der Waals surface area contributed by atoms with Crippen LogP contribution in [-0.2, 0) is 17.8 Å². The van der Waals surface area contributed by atoms with Crippen molar-refractivity contribution in [1.82, 2.24) is 9.80 Å². The van der Waals surface area contributed by atoms with Gasteiger partial charge in [-0.05, 0) is 17.2 Å². The fourth-order valence-corrected chi connectivity index (χ4v) is 5.71. The molecular weight excluding hydrogens is 412 g/mol. The number of para-hydroxylation sites is 1. The number of methoxy groups -OCH3 is 1. The topological polar surface area (TPSA) is 53.0 Å². The van der Waals surface area contributed by atoms with Gasteiger partial charge in [-0.3, -0.25) is 9.69 Å². The van der Waals surface area contributed by atoms with Crippen LogP contribution in [0.15, 0.2) is 84.9 Å². The zero-order chi connectivity index (χ0) is 22.8. The van der Waals surface area contributed by atoms with Crippen LogP contribution in [0.2, 0.25) is 0 Å². The molecule has 2 atom stereocenters. The Balaban J connectivity index is 1.40. The van der Waals surface area contributed by atoms with E-state index < -0.39 is 0 Å². The molecule has 1 spiro atoms. The number of carbonyl (C=O) groups is 1.